The van der Waals surface area contributed by atoms with E-state index in [2.05, 4.69) is 23.7 Å². The van der Waals surface area contributed by atoms with E-state index in [1.807, 2.05) is 13.8 Å². The second-order valence-corrected chi connectivity index (χ2v) is 4.59. The zero-order valence-corrected chi connectivity index (χ0v) is 12.9. The van der Waals surface area contributed by atoms with Crippen LogP contribution in [-0.2, 0) is 19.1 Å². The Balaban J connectivity index is 4.43. The minimum absolute atomic E-state index is 0.140. The van der Waals surface area contributed by atoms with Crippen molar-refractivity contribution in [2.24, 2.45) is 11.8 Å². The number of carbonyl (C=O) groups excluding carboxylic acids is 2. The topological polar surface area (TPSA) is 52.6 Å². The first kappa shape index (κ1) is 18.1. The molecule has 4 heteroatoms. The fraction of sp³-hybridized carbons (Fsp3) is 0.625. The highest BCUT2D eigenvalue weighted by molar-refractivity contribution is 6.29. The van der Waals surface area contributed by atoms with E-state index in [-0.39, 0.29) is 11.8 Å². The number of ether oxygens (including phenoxy) is 2. The molecule has 110 valence electrons. The Hall–Kier alpha value is -1.94. The zero-order chi connectivity index (χ0) is 15.7. The average molecular weight is 278 g/mol. The van der Waals surface area contributed by atoms with Crippen LogP contribution in [-0.4, -0.2) is 24.1 Å². The van der Waals surface area contributed by atoms with Crippen molar-refractivity contribution in [3.63, 3.8) is 0 Å². The molecule has 0 aliphatic carbocycles. The van der Waals surface area contributed by atoms with Gasteiger partial charge in [0.25, 0.3) is 0 Å². The highest BCUT2D eigenvalue weighted by Crippen LogP contribution is 2.09. The van der Waals surface area contributed by atoms with Gasteiger partial charge in [-0.3, -0.25) is 0 Å². The predicted octanol–water partition coefficient (Wildman–Crippen LogP) is 2.17. The molecule has 0 spiro atoms. The lowest BCUT2D eigenvalue weighted by Crippen LogP contribution is -2.31. The number of hydrogen-bond donors (Lipinski definition) is 0. The first-order valence-electron chi connectivity index (χ1n) is 6.59. The largest absolute Gasteiger partial charge is 0.453 e. The Morgan fingerprint density at radius 3 is 1.30 bits per heavy atom. The summed E-state index contributed by atoms with van der Waals surface area (Å²) in [6.45, 7) is 10.4. The Morgan fingerprint density at radius 2 is 1.05 bits per heavy atom. The smallest absolute Gasteiger partial charge is 0.417 e. The average Bonchev–Trinajstić information content (AvgIpc) is 2.38. The van der Waals surface area contributed by atoms with Gasteiger partial charge in [0.15, 0.2) is 0 Å². The van der Waals surface area contributed by atoms with E-state index in [9.17, 15) is 9.59 Å². The second-order valence-electron chi connectivity index (χ2n) is 4.59. The summed E-state index contributed by atoms with van der Waals surface area (Å²) in [5.41, 5.74) is 0. The summed E-state index contributed by atoms with van der Waals surface area (Å²) in [5, 5.41) is 0. The molecule has 4 nitrogen and oxygen atoms in total. The van der Waals surface area contributed by atoms with Crippen molar-refractivity contribution in [1.29, 1.82) is 0 Å². The number of hydrogen-bond acceptors (Lipinski definition) is 4. The highest BCUT2D eigenvalue weighted by atomic mass is 16.6. The van der Waals surface area contributed by atoms with Crippen LogP contribution in [0.15, 0.2) is 0 Å². The standard InChI is InChI=1S/C16H22O4/c1-7-9-11(3)13(5)19-15(17)16(18)20-14(6)12(4)10-8-2/h11-14H,1-6H3. The fourth-order valence-corrected chi connectivity index (χ4v) is 1.33. The van der Waals surface area contributed by atoms with Crippen LogP contribution in [0.2, 0.25) is 0 Å². The van der Waals surface area contributed by atoms with Gasteiger partial charge in [0.05, 0.1) is 11.8 Å². The van der Waals surface area contributed by atoms with Gasteiger partial charge in [0, 0.05) is 0 Å². The summed E-state index contributed by atoms with van der Waals surface area (Å²) in [6.07, 6.45) is -0.934. The van der Waals surface area contributed by atoms with Crippen molar-refractivity contribution >= 4 is 11.9 Å². The van der Waals surface area contributed by atoms with Crippen LogP contribution in [0.4, 0.5) is 0 Å². The first-order chi connectivity index (χ1) is 9.33. The lowest BCUT2D eigenvalue weighted by atomic mass is 10.1. The third-order valence-electron chi connectivity index (χ3n) is 2.90. The molecule has 0 aromatic rings. The summed E-state index contributed by atoms with van der Waals surface area (Å²) in [7, 11) is 0. The van der Waals surface area contributed by atoms with Crippen molar-refractivity contribution < 1.29 is 19.1 Å². The maximum atomic E-state index is 11.6. The van der Waals surface area contributed by atoms with Gasteiger partial charge in [-0.2, -0.15) is 0 Å². The molecule has 20 heavy (non-hydrogen) atoms. The van der Waals surface area contributed by atoms with Gasteiger partial charge in [-0.05, 0) is 41.5 Å². The van der Waals surface area contributed by atoms with Crippen LogP contribution < -0.4 is 0 Å². The molecular formula is C16H22O4. The van der Waals surface area contributed by atoms with Crippen molar-refractivity contribution in [3.05, 3.63) is 0 Å². The van der Waals surface area contributed by atoms with Crippen LogP contribution in [0.1, 0.15) is 41.5 Å². The van der Waals surface area contributed by atoms with Crippen LogP contribution in [0, 0.1) is 35.5 Å². The minimum atomic E-state index is -0.995. The molecule has 0 bridgehead atoms. The highest BCUT2D eigenvalue weighted by Gasteiger charge is 2.25. The number of carbonyl (C=O) groups is 2. The van der Waals surface area contributed by atoms with E-state index >= 15 is 0 Å². The molecule has 0 saturated carbocycles. The fourth-order valence-electron chi connectivity index (χ4n) is 1.33. The molecule has 0 rings (SSSR count). The van der Waals surface area contributed by atoms with Gasteiger partial charge in [-0.15, -0.1) is 11.8 Å². The van der Waals surface area contributed by atoms with Crippen molar-refractivity contribution in [1.82, 2.24) is 0 Å². The van der Waals surface area contributed by atoms with Crippen LogP contribution in [0.5, 0.6) is 0 Å². The van der Waals surface area contributed by atoms with Crippen molar-refractivity contribution in [2.75, 3.05) is 0 Å². The molecule has 0 fully saturated rings. The summed E-state index contributed by atoms with van der Waals surface area (Å²) in [6, 6.07) is 0. The maximum absolute atomic E-state index is 11.6. The molecule has 0 aliphatic heterocycles. The van der Waals surface area contributed by atoms with Gasteiger partial charge in [0.2, 0.25) is 0 Å². The normalized spacial score (nSPS) is 15.3. The maximum Gasteiger partial charge on any atom is 0.417 e. The summed E-state index contributed by atoms with van der Waals surface area (Å²) >= 11 is 0. The lowest BCUT2D eigenvalue weighted by Gasteiger charge is -2.18. The quantitative estimate of drug-likeness (QED) is 0.449. The third kappa shape index (κ3) is 6.29. The molecule has 0 heterocycles. The van der Waals surface area contributed by atoms with Crippen molar-refractivity contribution in [3.8, 4) is 23.7 Å². The lowest BCUT2D eigenvalue weighted by molar-refractivity contribution is -0.174. The predicted molar refractivity (Wildman–Crippen MR) is 76.3 cm³/mol. The number of rotatable bonds is 4. The monoisotopic (exact) mass is 278 g/mol. The van der Waals surface area contributed by atoms with E-state index in [4.69, 9.17) is 9.47 Å². The van der Waals surface area contributed by atoms with E-state index in [0.29, 0.717) is 0 Å². The molecular weight excluding hydrogens is 256 g/mol. The van der Waals surface area contributed by atoms with Crippen LogP contribution in [0.3, 0.4) is 0 Å². The van der Waals surface area contributed by atoms with Crippen LogP contribution in [0.25, 0.3) is 0 Å². The van der Waals surface area contributed by atoms with E-state index in [1.54, 1.807) is 27.7 Å². The van der Waals surface area contributed by atoms with Gasteiger partial charge in [-0.25, -0.2) is 9.59 Å². The third-order valence-corrected chi connectivity index (χ3v) is 2.90. The van der Waals surface area contributed by atoms with Crippen LogP contribution >= 0.6 is 0 Å². The molecule has 0 saturated heterocycles. The summed E-state index contributed by atoms with van der Waals surface area (Å²) < 4.78 is 10.0. The molecule has 0 amide bonds. The first-order valence-corrected chi connectivity index (χ1v) is 6.59. The van der Waals surface area contributed by atoms with Gasteiger partial charge >= 0.3 is 11.9 Å². The SMILES string of the molecule is CC#CC(C)C(C)OC(=O)C(=O)OC(C)C(C)C#CC. The molecule has 0 N–H and O–H groups in total. The molecule has 0 aromatic carbocycles. The second kappa shape index (κ2) is 9.04. The Morgan fingerprint density at radius 1 is 0.750 bits per heavy atom. The van der Waals surface area contributed by atoms with E-state index in [1.165, 1.54) is 0 Å². The van der Waals surface area contributed by atoms with E-state index in [0.717, 1.165) is 0 Å². The molecule has 0 aliphatic rings. The van der Waals surface area contributed by atoms with Gasteiger partial charge in [-0.1, -0.05) is 11.8 Å². The van der Waals surface area contributed by atoms with Crippen molar-refractivity contribution in [2.45, 2.75) is 53.8 Å². The Kier molecular flexibility index (Phi) is 8.16. The van der Waals surface area contributed by atoms with Gasteiger partial charge < -0.3 is 9.47 Å². The Bertz CT molecular complexity index is 414. The van der Waals surface area contributed by atoms with Gasteiger partial charge in [0.1, 0.15) is 12.2 Å². The Labute approximate surface area is 121 Å². The molecule has 4 atom stereocenters. The summed E-state index contributed by atoms with van der Waals surface area (Å²) in [4.78, 5) is 23.2. The minimum Gasteiger partial charge on any atom is -0.453 e. The zero-order valence-electron chi connectivity index (χ0n) is 12.9. The number of esters is 2. The molecule has 0 aromatic heterocycles. The summed E-state index contributed by atoms with van der Waals surface area (Å²) in [5.74, 6) is 8.95. The molecule has 4 unspecified atom stereocenters. The van der Waals surface area contributed by atoms with E-state index < -0.39 is 24.1 Å². The molecule has 0 radical (unpaired) electrons.